The van der Waals surface area contributed by atoms with Crippen molar-refractivity contribution in [2.24, 2.45) is 5.41 Å². The number of carbonyl (C=O) groups excluding carboxylic acids is 2. The molecule has 0 aromatic rings. The molecule has 2 rings (SSSR count). The van der Waals surface area contributed by atoms with Gasteiger partial charge in [0.15, 0.2) is 0 Å². The lowest BCUT2D eigenvalue weighted by atomic mass is 9.77. The van der Waals surface area contributed by atoms with Crippen molar-refractivity contribution in [3.8, 4) is 0 Å². The van der Waals surface area contributed by atoms with E-state index < -0.39 is 5.78 Å². The Kier molecular flexibility index (Phi) is 1.81. The van der Waals surface area contributed by atoms with Crippen LogP contribution in [0.1, 0.15) is 20.3 Å². The third kappa shape index (κ3) is 1.37. The molecule has 0 aliphatic heterocycles. The van der Waals surface area contributed by atoms with Crippen LogP contribution in [0.3, 0.4) is 0 Å². The summed E-state index contributed by atoms with van der Waals surface area (Å²) in [4.78, 5) is 22.7. The van der Waals surface area contributed by atoms with Crippen molar-refractivity contribution in [2.45, 2.75) is 20.3 Å². The van der Waals surface area contributed by atoms with Crippen LogP contribution in [0.4, 0.5) is 0 Å². The molecule has 72 valence electrons. The predicted octanol–water partition coefficient (Wildman–Crippen LogP) is 1.98. The second-order valence-corrected chi connectivity index (χ2v) is 4.44. The first-order valence-electron chi connectivity index (χ1n) is 4.70. The molecular weight excluding hydrogens is 176 g/mol. The number of hydrogen-bond acceptors (Lipinski definition) is 2. The van der Waals surface area contributed by atoms with Crippen LogP contribution in [0.5, 0.6) is 0 Å². The quantitative estimate of drug-likeness (QED) is 0.545. The molecule has 2 aliphatic carbocycles. The van der Waals surface area contributed by atoms with Gasteiger partial charge in [0.05, 0.1) is 0 Å². The van der Waals surface area contributed by atoms with Gasteiger partial charge in [-0.05, 0) is 23.5 Å². The first-order chi connectivity index (χ1) is 6.49. The highest BCUT2D eigenvalue weighted by Gasteiger charge is 2.29. The topological polar surface area (TPSA) is 34.1 Å². The summed E-state index contributed by atoms with van der Waals surface area (Å²) in [5, 5.41) is 0. The summed E-state index contributed by atoms with van der Waals surface area (Å²) in [5.74, 6) is -0.780. The molecule has 0 N–H and O–H groups in total. The minimum absolute atomic E-state index is 0.0139. The van der Waals surface area contributed by atoms with E-state index in [1.54, 1.807) is 6.08 Å². The Morgan fingerprint density at radius 3 is 2.64 bits per heavy atom. The molecule has 0 saturated carbocycles. The molecule has 0 heterocycles. The van der Waals surface area contributed by atoms with Crippen molar-refractivity contribution in [3.05, 3.63) is 35.5 Å². The van der Waals surface area contributed by atoms with Crippen LogP contribution in [0.25, 0.3) is 0 Å². The molecule has 2 aliphatic rings. The van der Waals surface area contributed by atoms with E-state index in [0.717, 1.165) is 12.0 Å². The van der Waals surface area contributed by atoms with Crippen LogP contribution in [0, 0.1) is 5.41 Å². The largest absolute Gasteiger partial charge is 0.286 e. The lowest BCUT2D eigenvalue weighted by Crippen LogP contribution is -2.24. The number of ketones is 2. The summed E-state index contributed by atoms with van der Waals surface area (Å²) in [5.41, 5.74) is 1.46. The zero-order chi connectivity index (χ0) is 10.3. The van der Waals surface area contributed by atoms with E-state index in [-0.39, 0.29) is 11.2 Å². The fourth-order valence-electron chi connectivity index (χ4n) is 1.74. The smallest absolute Gasteiger partial charge is 0.233 e. The number of carbonyl (C=O) groups is 2. The van der Waals surface area contributed by atoms with Gasteiger partial charge in [0.25, 0.3) is 0 Å². The van der Waals surface area contributed by atoms with Crippen molar-refractivity contribution in [2.75, 3.05) is 0 Å². The molecule has 0 aromatic carbocycles. The van der Waals surface area contributed by atoms with Crippen LogP contribution >= 0.6 is 0 Å². The minimum Gasteiger partial charge on any atom is -0.286 e. The maximum absolute atomic E-state index is 11.5. The van der Waals surface area contributed by atoms with Gasteiger partial charge < -0.3 is 0 Å². The van der Waals surface area contributed by atoms with E-state index in [1.165, 1.54) is 6.08 Å². The fourth-order valence-corrected chi connectivity index (χ4v) is 1.74. The fraction of sp³-hybridized carbons (Fsp3) is 0.333. The molecule has 14 heavy (non-hydrogen) atoms. The third-order valence-corrected chi connectivity index (χ3v) is 2.58. The molecule has 0 amide bonds. The van der Waals surface area contributed by atoms with E-state index >= 15 is 0 Å². The van der Waals surface area contributed by atoms with Crippen LogP contribution in [0.2, 0.25) is 0 Å². The van der Waals surface area contributed by atoms with Gasteiger partial charge in [0.2, 0.25) is 11.6 Å². The van der Waals surface area contributed by atoms with Crippen LogP contribution in [0.15, 0.2) is 35.5 Å². The Morgan fingerprint density at radius 1 is 1.21 bits per heavy atom. The van der Waals surface area contributed by atoms with Gasteiger partial charge in [-0.1, -0.05) is 32.1 Å². The summed E-state index contributed by atoms with van der Waals surface area (Å²) in [6.07, 6.45) is 7.93. The maximum atomic E-state index is 11.5. The molecule has 0 saturated heterocycles. The average Bonchev–Trinajstić information content (AvgIpc) is 2.11. The van der Waals surface area contributed by atoms with E-state index in [4.69, 9.17) is 0 Å². The number of fused-ring (bicyclic) bond motifs is 1. The standard InChI is InChI=1S/C12H12O2/c1-12(2)6-5-8-3-4-10(13)11(14)9(8)7-12/h3-5,7H,6H2,1-2H3. The Labute approximate surface area is 83.0 Å². The van der Waals surface area contributed by atoms with Gasteiger partial charge in [-0.3, -0.25) is 9.59 Å². The molecule has 0 radical (unpaired) electrons. The Balaban J connectivity index is 2.51. The zero-order valence-electron chi connectivity index (χ0n) is 8.33. The highest BCUT2D eigenvalue weighted by atomic mass is 16.2. The first-order valence-corrected chi connectivity index (χ1v) is 4.70. The first kappa shape index (κ1) is 9.13. The lowest BCUT2D eigenvalue weighted by molar-refractivity contribution is -0.131. The van der Waals surface area contributed by atoms with E-state index in [2.05, 4.69) is 13.8 Å². The van der Waals surface area contributed by atoms with Crippen molar-refractivity contribution < 1.29 is 9.59 Å². The summed E-state index contributed by atoms with van der Waals surface area (Å²) in [6, 6.07) is 0. The third-order valence-electron chi connectivity index (χ3n) is 2.58. The van der Waals surface area contributed by atoms with Crippen molar-refractivity contribution in [1.29, 1.82) is 0 Å². The number of allylic oxidation sites excluding steroid dienone is 6. The SMILES string of the molecule is CC1(C)C=C2C(=O)C(=O)C=CC2=CC1. The molecular formula is C12H12O2. The van der Waals surface area contributed by atoms with E-state index in [0.29, 0.717) is 5.57 Å². The molecule has 0 atom stereocenters. The van der Waals surface area contributed by atoms with Gasteiger partial charge >= 0.3 is 0 Å². The monoisotopic (exact) mass is 188 g/mol. The number of rotatable bonds is 0. The minimum atomic E-state index is -0.411. The Bertz CT molecular complexity index is 406. The van der Waals surface area contributed by atoms with Gasteiger partial charge in [-0.2, -0.15) is 0 Å². The highest BCUT2D eigenvalue weighted by molar-refractivity contribution is 6.49. The highest BCUT2D eigenvalue weighted by Crippen LogP contribution is 2.34. The Morgan fingerprint density at radius 2 is 1.93 bits per heavy atom. The second kappa shape index (κ2) is 2.77. The maximum Gasteiger partial charge on any atom is 0.233 e. The van der Waals surface area contributed by atoms with Gasteiger partial charge in [0, 0.05) is 5.57 Å². The van der Waals surface area contributed by atoms with Crippen LogP contribution < -0.4 is 0 Å². The zero-order valence-corrected chi connectivity index (χ0v) is 8.33. The average molecular weight is 188 g/mol. The summed E-state index contributed by atoms with van der Waals surface area (Å²) < 4.78 is 0. The van der Waals surface area contributed by atoms with Crippen LogP contribution in [-0.4, -0.2) is 11.6 Å². The van der Waals surface area contributed by atoms with E-state index in [1.807, 2.05) is 12.2 Å². The summed E-state index contributed by atoms with van der Waals surface area (Å²) >= 11 is 0. The van der Waals surface area contributed by atoms with Crippen LogP contribution in [-0.2, 0) is 9.59 Å². The van der Waals surface area contributed by atoms with Crippen molar-refractivity contribution >= 4 is 11.6 Å². The number of Topliss-reactive ketones (excluding diaryl/α,β-unsaturated/α-hetero) is 1. The molecule has 0 aromatic heterocycles. The molecule has 0 bridgehead atoms. The van der Waals surface area contributed by atoms with Gasteiger partial charge in [0.1, 0.15) is 0 Å². The lowest BCUT2D eigenvalue weighted by Gasteiger charge is -2.26. The molecule has 2 nitrogen and oxygen atoms in total. The van der Waals surface area contributed by atoms with Crippen molar-refractivity contribution in [3.63, 3.8) is 0 Å². The van der Waals surface area contributed by atoms with E-state index in [9.17, 15) is 9.59 Å². The van der Waals surface area contributed by atoms with Gasteiger partial charge in [-0.15, -0.1) is 0 Å². The molecule has 0 unspecified atom stereocenters. The van der Waals surface area contributed by atoms with Gasteiger partial charge in [-0.25, -0.2) is 0 Å². The normalized spacial score (nSPS) is 24.1. The molecule has 2 heteroatoms. The summed E-state index contributed by atoms with van der Waals surface area (Å²) in [7, 11) is 0. The molecule has 0 spiro atoms. The predicted molar refractivity (Wildman–Crippen MR) is 53.7 cm³/mol. The summed E-state index contributed by atoms with van der Waals surface area (Å²) in [6.45, 7) is 4.12. The molecule has 0 fully saturated rings. The second-order valence-electron chi connectivity index (χ2n) is 4.44. The van der Waals surface area contributed by atoms with Crippen molar-refractivity contribution in [1.82, 2.24) is 0 Å². The number of hydrogen-bond donors (Lipinski definition) is 0. The Hall–Kier alpha value is -1.44.